The predicted molar refractivity (Wildman–Crippen MR) is 99.0 cm³/mol. The molecule has 0 unspecified atom stereocenters. The summed E-state index contributed by atoms with van der Waals surface area (Å²) >= 11 is 0. The van der Waals surface area contributed by atoms with E-state index in [-0.39, 0.29) is 5.91 Å². The molecule has 1 amide bonds. The van der Waals surface area contributed by atoms with Crippen LogP contribution in [0.4, 0.5) is 0 Å². The van der Waals surface area contributed by atoms with Gasteiger partial charge in [0.15, 0.2) is 0 Å². The molecule has 1 aliphatic carbocycles. The number of aromatic nitrogens is 2. The first kappa shape index (κ1) is 16.1. The van der Waals surface area contributed by atoms with Crippen molar-refractivity contribution in [1.82, 2.24) is 14.5 Å². The van der Waals surface area contributed by atoms with Gasteiger partial charge in [0.2, 0.25) is 5.91 Å². The first-order valence-corrected chi connectivity index (χ1v) is 9.32. The van der Waals surface area contributed by atoms with Crippen molar-refractivity contribution in [2.45, 2.75) is 38.1 Å². The zero-order chi connectivity index (χ0) is 17.1. The number of benzene rings is 1. The van der Waals surface area contributed by atoms with Crippen LogP contribution < -0.4 is 0 Å². The Balaban J connectivity index is 1.41. The van der Waals surface area contributed by atoms with Gasteiger partial charge in [0.1, 0.15) is 5.82 Å². The summed E-state index contributed by atoms with van der Waals surface area (Å²) in [5.74, 6) is 2.46. The number of amides is 1. The number of carbonyl (C=O) groups excluding carboxylic acids is 1. The van der Waals surface area contributed by atoms with E-state index in [1.807, 2.05) is 47.5 Å². The lowest BCUT2D eigenvalue weighted by atomic mass is 9.97. The molecule has 2 aromatic rings. The molecule has 2 aliphatic rings. The molecule has 1 saturated carbocycles. The second kappa shape index (κ2) is 7.26. The Hall–Kier alpha value is -2.36. The highest BCUT2D eigenvalue weighted by atomic mass is 16.2. The van der Waals surface area contributed by atoms with Crippen LogP contribution >= 0.6 is 0 Å². The van der Waals surface area contributed by atoms with Crippen LogP contribution in [0.2, 0.25) is 0 Å². The maximum Gasteiger partial charge on any atom is 0.246 e. The van der Waals surface area contributed by atoms with Gasteiger partial charge < -0.3 is 9.47 Å². The second-order valence-corrected chi connectivity index (χ2v) is 7.25. The fraction of sp³-hybridized carbons (Fsp3) is 0.429. The third-order valence-electron chi connectivity index (χ3n) is 5.22. The highest BCUT2D eigenvalue weighted by molar-refractivity contribution is 5.91. The minimum Gasteiger partial charge on any atom is -0.338 e. The fourth-order valence-electron chi connectivity index (χ4n) is 3.64. The number of hydrogen-bond donors (Lipinski definition) is 0. The van der Waals surface area contributed by atoms with Crippen molar-refractivity contribution in [2.75, 3.05) is 13.1 Å². The molecule has 1 saturated heterocycles. The first-order valence-electron chi connectivity index (χ1n) is 9.32. The van der Waals surface area contributed by atoms with Crippen molar-refractivity contribution in [1.29, 1.82) is 0 Å². The van der Waals surface area contributed by atoms with Gasteiger partial charge in [0.05, 0.1) is 0 Å². The van der Waals surface area contributed by atoms with Gasteiger partial charge in [-0.2, -0.15) is 0 Å². The molecule has 1 aromatic carbocycles. The van der Waals surface area contributed by atoms with Crippen molar-refractivity contribution in [3.63, 3.8) is 0 Å². The number of imidazole rings is 1. The molecule has 4 nitrogen and oxygen atoms in total. The molecule has 0 N–H and O–H groups in total. The summed E-state index contributed by atoms with van der Waals surface area (Å²) in [5, 5.41) is 0. The summed E-state index contributed by atoms with van der Waals surface area (Å²) in [6.07, 6.45) is 12.5. The molecular formula is C21H25N3O. The molecule has 0 radical (unpaired) electrons. The Kier molecular flexibility index (Phi) is 4.68. The van der Waals surface area contributed by atoms with E-state index in [4.69, 9.17) is 0 Å². The summed E-state index contributed by atoms with van der Waals surface area (Å²) < 4.78 is 2.32. The molecule has 130 valence electrons. The van der Waals surface area contributed by atoms with Crippen LogP contribution in [-0.4, -0.2) is 33.4 Å². The molecule has 4 heteroatoms. The topological polar surface area (TPSA) is 38.1 Å². The molecule has 25 heavy (non-hydrogen) atoms. The number of rotatable bonds is 5. The molecule has 2 fully saturated rings. The Morgan fingerprint density at radius 3 is 2.84 bits per heavy atom. The molecule has 1 aliphatic heterocycles. The SMILES string of the molecule is O=C(/C=C/c1ccccc1)N1CCC[C@@H](c2nccn2CC2CC2)C1. The average molecular weight is 335 g/mol. The highest BCUT2D eigenvalue weighted by Crippen LogP contribution is 2.33. The lowest BCUT2D eigenvalue weighted by molar-refractivity contribution is -0.127. The summed E-state index contributed by atoms with van der Waals surface area (Å²) in [7, 11) is 0. The normalized spacial score (nSPS) is 21.0. The number of nitrogens with zero attached hydrogens (tertiary/aromatic N) is 3. The molecule has 2 heterocycles. The molecule has 1 atom stereocenters. The molecular weight excluding hydrogens is 310 g/mol. The van der Waals surface area contributed by atoms with Crippen molar-refractivity contribution in [3.05, 3.63) is 60.2 Å². The van der Waals surface area contributed by atoms with Crippen LogP contribution in [0.15, 0.2) is 48.8 Å². The monoisotopic (exact) mass is 335 g/mol. The number of piperidine rings is 1. The average Bonchev–Trinajstić information content (AvgIpc) is 3.35. The standard InChI is InChI=1S/C21H25N3O/c25-20(11-10-17-5-2-1-3-6-17)23-13-4-7-19(16-23)21-22-12-14-24(21)15-18-8-9-18/h1-3,5-6,10-12,14,18-19H,4,7-9,13,15-16H2/b11-10+/t19-/m1/s1. The van der Waals surface area contributed by atoms with Crippen molar-refractivity contribution < 1.29 is 4.79 Å². The molecule has 1 aromatic heterocycles. The van der Waals surface area contributed by atoms with Gasteiger partial charge in [-0.1, -0.05) is 30.3 Å². The van der Waals surface area contributed by atoms with Crippen molar-refractivity contribution in [3.8, 4) is 0 Å². The maximum absolute atomic E-state index is 12.6. The minimum atomic E-state index is 0.105. The van der Waals surface area contributed by atoms with Crippen LogP contribution in [0.1, 0.15) is 43.0 Å². The Labute approximate surface area is 149 Å². The van der Waals surface area contributed by atoms with E-state index in [1.54, 1.807) is 6.08 Å². The van der Waals surface area contributed by atoms with Gasteiger partial charge in [-0.25, -0.2) is 4.98 Å². The zero-order valence-corrected chi connectivity index (χ0v) is 14.6. The fourth-order valence-corrected chi connectivity index (χ4v) is 3.64. The van der Waals surface area contributed by atoms with Crippen LogP contribution in [0, 0.1) is 5.92 Å². The van der Waals surface area contributed by atoms with Crippen molar-refractivity contribution in [2.24, 2.45) is 5.92 Å². The van der Waals surface area contributed by atoms with Crippen LogP contribution in [-0.2, 0) is 11.3 Å². The molecule has 0 spiro atoms. The second-order valence-electron chi connectivity index (χ2n) is 7.25. The van der Waals surface area contributed by atoms with E-state index >= 15 is 0 Å². The van der Waals surface area contributed by atoms with Gasteiger partial charge in [-0.3, -0.25) is 4.79 Å². The minimum absolute atomic E-state index is 0.105. The maximum atomic E-state index is 12.6. The summed E-state index contributed by atoms with van der Waals surface area (Å²) in [6.45, 7) is 2.71. The van der Waals surface area contributed by atoms with Gasteiger partial charge in [0.25, 0.3) is 0 Å². The largest absolute Gasteiger partial charge is 0.338 e. The Morgan fingerprint density at radius 1 is 1.20 bits per heavy atom. The third-order valence-corrected chi connectivity index (χ3v) is 5.22. The summed E-state index contributed by atoms with van der Waals surface area (Å²) in [6, 6.07) is 9.98. The smallest absolute Gasteiger partial charge is 0.246 e. The number of hydrogen-bond acceptors (Lipinski definition) is 2. The zero-order valence-electron chi connectivity index (χ0n) is 14.6. The lowest BCUT2D eigenvalue weighted by Crippen LogP contribution is -2.38. The van der Waals surface area contributed by atoms with E-state index in [1.165, 1.54) is 12.8 Å². The highest BCUT2D eigenvalue weighted by Gasteiger charge is 2.28. The number of likely N-dealkylation sites (tertiary alicyclic amines) is 1. The van der Waals surface area contributed by atoms with Gasteiger partial charge in [-0.15, -0.1) is 0 Å². The van der Waals surface area contributed by atoms with Gasteiger partial charge in [-0.05, 0) is 43.2 Å². The number of carbonyl (C=O) groups is 1. The van der Waals surface area contributed by atoms with E-state index in [2.05, 4.69) is 15.7 Å². The Morgan fingerprint density at radius 2 is 2.04 bits per heavy atom. The first-order chi connectivity index (χ1) is 12.3. The molecule has 4 rings (SSSR count). The van der Waals surface area contributed by atoms with Crippen LogP contribution in [0.3, 0.4) is 0 Å². The Bertz CT molecular complexity index is 746. The van der Waals surface area contributed by atoms with E-state index in [9.17, 15) is 4.79 Å². The van der Waals surface area contributed by atoms with Gasteiger partial charge >= 0.3 is 0 Å². The summed E-state index contributed by atoms with van der Waals surface area (Å²) in [5.41, 5.74) is 1.06. The molecule has 0 bridgehead atoms. The van der Waals surface area contributed by atoms with Crippen LogP contribution in [0.5, 0.6) is 0 Å². The van der Waals surface area contributed by atoms with Crippen LogP contribution in [0.25, 0.3) is 6.08 Å². The summed E-state index contributed by atoms with van der Waals surface area (Å²) in [4.78, 5) is 19.2. The van der Waals surface area contributed by atoms with E-state index in [0.29, 0.717) is 5.92 Å². The van der Waals surface area contributed by atoms with E-state index in [0.717, 1.165) is 49.8 Å². The quantitative estimate of drug-likeness (QED) is 0.781. The predicted octanol–water partition coefficient (Wildman–Crippen LogP) is 3.71. The lowest BCUT2D eigenvalue weighted by Gasteiger charge is -2.32. The third kappa shape index (κ3) is 4.01. The van der Waals surface area contributed by atoms with E-state index < -0.39 is 0 Å². The van der Waals surface area contributed by atoms with Gasteiger partial charge in [0, 0.05) is 44.0 Å². The van der Waals surface area contributed by atoms with Crippen molar-refractivity contribution >= 4 is 12.0 Å².